The average molecular weight is 380 g/mol. The Kier molecular flexibility index (Phi) is 4.41. The van der Waals surface area contributed by atoms with Gasteiger partial charge in [0.25, 0.3) is 5.56 Å². The quantitative estimate of drug-likeness (QED) is 0.714. The topological polar surface area (TPSA) is 83.0 Å². The Labute approximate surface area is 148 Å². The fourth-order valence-electron chi connectivity index (χ4n) is 2.44. The van der Waals surface area contributed by atoms with Crippen LogP contribution in [-0.4, -0.2) is 21.0 Å². The van der Waals surface area contributed by atoms with E-state index in [0.717, 1.165) is 23.5 Å². The van der Waals surface area contributed by atoms with Crippen molar-refractivity contribution in [1.82, 2.24) is 9.97 Å². The number of hydrogen-bond donors (Lipinski definition) is 2. The van der Waals surface area contributed by atoms with E-state index in [9.17, 15) is 22.8 Å². The summed E-state index contributed by atoms with van der Waals surface area (Å²) in [7, 11) is 0. The molecule has 0 amide bonds. The predicted octanol–water partition coefficient (Wildman–Crippen LogP) is 4.18. The lowest BCUT2D eigenvalue weighted by Crippen LogP contribution is -2.09. The van der Waals surface area contributed by atoms with Crippen LogP contribution in [0, 0.1) is 6.92 Å². The van der Waals surface area contributed by atoms with Gasteiger partial charge in [0.15, 0.2) is 0 Å². The molecular formula is C17H11F3N2O3S. The van der Waals surface area contributed by atoms with E-state index in [2.05, 4.69) is 9.97 Å². The second kappa shape index (κ2) is 6.41. The highest BCUT2D eigenvalue weighted by Crippen LogP contribution is 2.30. The van der Waals surface area contributed by atoms with Gasteiger partial charge in [-0.15, -0.1) is 11.3 Å². The molecule has 0 saturated heterocycles. The molecule has 0 fully saturated rings. The van der Waals surface area contributed by atoms with Crippen molar-refractivity contribution in [2.75, 3.05) is 0 Å². The number of H-pyrrole nitrogens is 1. The molecule has 9 heteroatoms. The highest BCUT2D eigenvalue weighted by molar-refractivity contribution is 7.20. The molecule has 0 bridgehead atoms. The number of benzene rings is 1. The molecule has 2 heterocycles. The van der Waals surface area contributed by atoms with E-state index in [4.69, 9.17) is 5.11 Å². The first-order chi connectivity index (χ1) is 12.2. The van der Waals surface area contributed by atoms with Crippen molar-refractivity contribution >= 4 is 39.7 Å². The van der Waals surface area contributed by atoms with Gasteiger partial charge in [-0.1, -0.05) is 18.2 Å². The summed E-state index contributed by atoms with van der Waals surface area (Å²) in [6, 6.07) is 4.71. The Morgan fingerprint density at radius 1 is 1.31 bits per heavy atom. The summed E-state index contributed by atoms with van der Waals surface area (Å²) in [5.74, 6) is -1.02. The van der Waals surface area contributed by atoms with Gasteiger partial charge in [-0.05, 0) is 36.3 Å². The van der Waals surface area contributed by atoms with E-state index < -0.39 is 23.3 Å². The monoisotopic (exact) mass is 380 g/mol. The third kappa shape index (κ3) is 3.38. The molecule has 1 aromatic carbocycles. The van der Waals surface area contributed by atoms with E-state index in [1.165, 1.54) is 31.2 Å². The van der Waals surface area contributed by atoms with E-state index in [1.54, 1.807) is 0 Å². The van der Waals surface area contributed by atoms with Gasteiger partial charge in [0.05, 0.1) is 10.9 Å². The molecule has 5 nitrogen and oxygen atoms in total. The third-order valence-electron chi connectivity index (χ3n) is 3.66. The van der Waals surface area contributed by atoms with Crippen LogP contribution >= 0.6 is 11.3 Å². The molecule has 134 valence electrons. The Bertz CT molecular complexity index is 1100. The minimum absolute atomic E-state index is 0.0250. The molecule has 0 aliphatic heterocycles. The number of nitrogens with one attached hydrogen (secondary N) is 1. The number of nitrogens with zero attached hydrogens (tertiary/aromatic N) is 1. The maximum atomic E-state index is 12.7. The molecule has 0 radical (unpaired) electrons. The van der Waals surface area contributed by atoms with Gasteiger partial charge in [-0.3, -0.25) is 4.79 Å². The zero-order chi connectivity index (χ0) is 19.1. The molecule has 26 heavy (non-hydrogen) atoms. The number of halogens is 3. The van der Waals surface area contributed by atoms with Crippen LogP contribution in [-0.2, 0) is 6.18 Å². The maximum Gasteiger partial charge on any atom is 0.416 e. The lowest BCUT2D eigenvalue weighted by atomic mass is 10.1. The lowest BCUT2D eigenvalue weighted by molar-refractivity contribution is -0.137. The van der Waals surface area contributed by atoms with Gasteiger partial charge in [-0.25, -0.2) is 9.78 Å². The minimum Gasteiger partial charge on any atom is -0.477 e. The number of aromatic amines is 1. The van der Waals surface area contributed by atoms with Crippen molar-refractivity contribution in [1.29, 1.82) is 0 Å². The SMILES string of the molecule is Cc1c(C(=O)O)sc2nc(/C=C/c3cccc(C(F)(F)F)c3)[nH]c(=O)c12. The van der Waals surface area contributed by atoms with Crippen molar-refractivity contribution in [3.05, 3.63) is 62.0 Å². The zero-order valence-electron chi connectivity index (χ0n) is 13.2. The van der Waals surface area contributed by atoms with Crippen molar-refractivity contribution in [3.8, 4) is 0 Å². The van der Waals surface area contributed by atoms with Crippen LogP contribution in [0.5, 0.6) is 0 Å². The van der Waals surface area contributed by atoms with Crippen LogP contribution in [0.2, 0.25) is 0 Å². The number of rotatable bonds is 3. The molecule has 0 saturated carbocycles. The molecule has 2 N–H and O–H groups in total. The van der Waals surface area contributed by atoms with Gasteiger partial charge in [0, 0.05) is 0 Å². The fraction of sp³-hybridized carbons (Fsp3) is 0.118. The summed E-state index contributed by atoms with van der Waals surface area (Å²) in [4.78, 5) is 30.3. The molecule has 3 aromatic rings. The number of thiophene rings is 1. The summed E-state index contributed by atoms with van der Waals surface area (Å²) in [5.41, 5.74) is -0.660. The van der Waals surface area contributed by atoms with Crippen LogP contribution < -0.4 is 5.56 Å². The molecule has 3 rings (SSSR count). The molecule has 0 unspecified atom stereocenters. The summed E-state index contributed by atoms with van der Waals surface area (Å²) in [5, 5.41) is 9.33. The highest BCUT2D eigenvalue weighted by Gasteiger charge is 2.30. The first-order valence-corrected chi connectivity index (χ1v) is 8.10. The van der Waals surface area contributed by atoms with Crippen LogP contribution in [0.25, 0.3) is 22.4 Å². The Balaban J connectivity index is 2.01. The molecule has 2 aromatic heterocycles. The highest BCUT2D eigenvalue weighted by atomic mass is 32.1. The third-order valence-corrected chi connectivity index (χ3v) is 4.83. The van der Waals surface area contributed by atoms with Crippen LogP contribution in [0.15, 0.2) is 29.1 Å². The summed E-state index contributed by atoms with van der Waals surface area (Å²) in [6.07, 6.45) is -1.69. The number of hydrogen-bond acceptors (Lipinski definition) is 4. The Hall–Kier alpha value is -2.94. The lowest BCUT2D eigenvalue weighted by Gasteiger charge is -2.06. The number of alkyl halides is 3. The van der Waals surface area contributed by atoms with Crippen molar-refractivity contribution in [2.45, 2.75) is 13.1 Å². The molecule has 0 atom stereocenters. The number of fused-ring (bicyclic) bond motifs is 1. The molecule has 0 aliphatic carbocycles. The van der Waals surface area contributed by atoms with Crippen molar-refractivity contribution in [3.63, 3.8) is 0 Å². The van der Waals surface area contributed by atoms with Crippen LogP contribution in [0.1, 0.15) is 32.2 Å². The predicted molar refractivity (Wildman–Crippen MR) is 92.3 cm³/mol. The first-order valence-electron chi connectivity index (χ1n) is 7.29. The molecule has 0 spiro atoms. The molecule has 0 aliphatic rings. The van der Waals surface area contributed by atoms with Crippen molar-refractivity contribution in [2.24, 2.45) is 0 Å². The van der Waals surface area contributed by atoms with Gasteiger partial charge < -0.3 is 10.1 Å². The normalized spacial score (nSPS) is 12.2. The first kappa shape index (κ1) is 17.9. The second-order valence-electron chi connectivity index (χ2n) is 5.45. The number of carboxylic acid groups (broad SMARTS) is 1. The van der Waals surface area contributed by atoms with Crippen LogP contribution in [0.4, 0.5) is 13.2 Å². The van der Waals surface area contributed by atoms with Gasteiger partial charge >= 0.3 is 12.1 Å². The zero-order valence-corrected chi connectivity index (χ0v) is 14.0. The number of aryl methyl sites for hydroxylation is 1. The second-order valence-corrected chi connectivity index (χ2v) is 6.45. The fourth-order valence-corrected chi connectivity index (χ4v) is 3.46. The minimum atomic E-state index is -4.45. The number of aromatic carboxylic acids is 1. The van der Waals surface area contributed by atoms with Gasteiger partial charge in [-0.2, -0.15) is 13.2 Å². The summed E-state index contributed by atoms with van der Waals surface area (Å²) < 4.78 is 38.2. The number of carbonyl (C=O) groups is 1. The number of aromatic nitrogens is 2. The standard InChI is InChI=1S/C17H11F3N2O3S/c1-8-12-14(23)21-11(22-15(12)26-13(8)16(24)25)6-5-9-3-2-4-10(7-9)17(18,19)20/h2-7H,1H3,(H,24,25)(H,21,22,23)/b6-5+. The van der Waals surface area contributed by atoms with E-state index in [1.807, 2.05) is 0 Å². The summed E-state index contributed by atoms with van der Waals surface area (Å²) in [6.45, 7) is 1.53. The largest absolute Gasteiger partial charge is 0.477 e. The number of carboxylic acids is 1. The summed E-state index contributed by atoms with van der Waals surface area (Å²) >= 11 is 0.875. The smallest absolute Gasteiger partial charge is 0.416 e. The van der Waals surface area contributed by atoms with E-state index in [-0.39, 0.29) is 26.5 Å². The average Bonchev–Trinajstić information content (AvgIpc) is 2.90. The van der Waals surface area contributed by atoms with E-state index in [0.29, 0.717) is 5.56 Å². The van der Waals surface area contributed by atoms with Crippen LogP contribution in [0.3, 0.4) is 0 Å². The van der Waals surface area contributed by atoms with Gasteiger partial charge in [0.2, 0.25) is 0 Å². The van der Waals surface area contributed by atoms with E-state index >= 15 is 0 Å². The maximum absolute atomic E-state index is 12.7. The Morgan fingerprint density at radius 2 is 2.04 bits per heavy atom. The molecular weight excluding hydrogens is 369 g/mol. The van der Waals surface area contributed by atoms with Gasteiger partial charge in [0.1, 0.15) is 15.5 Å². The Morgan fingerprint density at radius 3 is 2.69 bits per heavy atom. The van der Waals surface area contributed by atoms with Crippen molar-refractivity contribution < 1.29 is 23.1 Å².